The Balaban J connectivity index is 0. The van der Waals surface area contributed by atoms with Gasteiger partial charge in [-0.2, -0.15) is 0 Å². The maximum absolute atomic E-state index is 0. The van der Waals surface area contributed by atoms with E-state index in [-0.39, 0.29) is 111 Å². The van der Waals surface area contributed by atoms with Crippen LogP contribution in [-0.4, -0.2) is 91.8 Å². The van der Waals surface area contributed by atoms with Crippen LogP contribution in [0.2, 0.25) is 0 Å². The summed E-state index contributed by atoms with van der Waals surface area (Å²) in [5, 5.41) is 0. The Morgan fingerprint density at radius 1 is 1.00 bits per heavy atom. The number of rotatable bonds is 0. The summed E-state index contributed by atoms with van der Waals surface area (Å²) in [7, 11) is 0. The van der Waals surface area contributed by atoms with Crippen LogP contribution in [0.4, 0.5) is 0 Å². The average Bonchev–Trinajstić information content (AvgIpc) is 0. The summed E-state index contributed by atoms with van der Waals surface area (Å²) >= 11 is 0. The zero-order valence-electron chi connectivity index (χ0n) is 1.21. The second kappa shape index (κ2) is 16.0. The molecule has 20 valence electrons. The van der Waals surface area contributed by atoms with E-state index in [4.69, 9.17) is 0 Å². The van der Waals surface area contributed by atoms with Gasteiger partial charge < -0.3 is 0 Å². The van der Waals surface area contributed by atoms with E-state index in [2.05, 4.69) is 0 Å². The maximum atomic E-state index is 0. The van der Waals surface area contributed by atoms with Crippen LogP contribution >= 0.6 is 0 Å². The molecule has 0 spiro atoms. The van der Waals surface area contributed by atoms with Crippen LogP contribution in [0.15, 0.2) is 0 Å². The molecule has 0 unspecified atom stereocenters. The molecule has 0 rings (SSSR count). The third-order valence-corrected chi connectivity index (χ3v) is 0. The van der Waals surface area contributed by atoms with Crippen molar-refractivity contribution in [1.29, 1.82) is 0 Å². The van der Waals surface area contributed by atoms with E-state index >= 15 is 0 Å². The van der Waals surface area contributed by atoms with Gasteiger partial charge in [0.15, 0.2) is 0 Å². The van der Waals surface area contributed by atoms with Crippen LogP contribution in [0, 0.1) is 0 Å². The average molecular weight is 404 g/mol. The van der Waals surface area contributed by atoms with E-state index in [1.54, 1.807) is 0 Å². The molecule has 0 aliphatic carbocycles. The van der Waals surface area contributed by atoms with Gasteiger partial charge in [-0.1, -0.05) is 0 Å². The quantitative estimate of drug-likeness (QED) is 0.378. The van der Waals surface area contributed by atoms with Crippen molar-refractivity contribution in [2.75, 3.05) is 0 Å². The Bertz CT molecular complexity index is 8.00. The molecule has 4 heteroatoms. The molecule has 0 atom stereocenters. The molecule has 0 saturated heterocycles. The van der Waals surface area contributed by atoms with Gasteiger partial charge in [0, 0.05) is 19.5 Å². The van der Waals surface area contributed by atoms with Crippen molar-refractivity contribution in [3.63, 3.8) is 0 Å². The summed E-state index contributed by atoms with van der Waals surface area (Å²) in [5.41, 5.74) is 0. The van der Waals surface area contributed by atoms with Gasteiger partial charge in [0.2, 0.25) is 0 Å². The largest absolute Gasteiger partial charge is 0 e. The Morgan fingerprint density at radius 3 is 1.00 bits per heavy atom. The van der Waals surface area contributed by atoms with Gasteiger partial charge in [0.25, 0.3) is 0 Å². The smallest absolute Gasteiger partial charge is 0 e. The van der Waals surface area contributed by atoms with E-state index in [1.807, 2.05) is 0 Å². The summed E-state index contributed by atoms with van der Waals surface area (Å²) < 4.78 is 0. The second-order valence-corrected chi connectivity index (χ2v) is 0. The molecule has 0 N–H and O–H groups in total. The fraction of sp³-hybridized carbons (Fsp3) is 0. The first-order valence-electron chi connectivity index (χ1n) is 0. The van der Waals surface area contributed by atoms with Crippen LogP contribution < -0.4 is 0 Å². The predicted octanol–water partition coefficient (Wildman–Crippen LogP) is -3.02. The minimum atomic E-state index is 0. The molecule has 0 saturated carbocycles. The summed E-state index contributed by atoms with van der Waals surface area (Å²) in [4.78, 5) is 0. The molecule has 4 heavy (non-hydrogen) atoms. The first-order valence-corrected chi connectivity index (χ1v) is 0. The maximum Gasteiger partial charge on any atom is 0 e. The van der Waals surface area contributed by atoms with Crippen LogP contribution in [0.1, 0.15) is 0 Å². The van der Waals surface area contributed by atoms with Gasteiger partial charge in [0.1, 0.15) is 0 Å². The third-order valence-electron chi connectivity index (χ3n) is 0. The Hall–Kier alpha value is 3.58. The summed E-state index contributed by atoms with van der Waals surface area (Å²) in [6.45, 7) is 0. The molecule has 0 aliphatic rings. The molecule has 0 aliphatic heterocycles. The minimum Gasteiger partial charge on any atom is 0 e. The van der Waals surface area contributed by atoms with Crippen molar-refractivity contribution < 1.29 is 19.5 Å². The molecule has 0 bridgehead atoms. The van der Waals surface area contributed by atoms with E-state index in [1.165, 1.54) is 0 Å². The first-order chi connectivity index (χ1) is 0. The minimum absolute atomic E-state index is 0. The molecule has 0 aromatic rings. The van der Waals surface area contributed by atoms with Crippen LogP contribution in [-0.2, 0) is 19.5 Å². The van der Waals surface area contributed by atoms with Gasteiger partial charge in [-0.05, 0) is 0 Å². The Labute approximate surface area is 108 Å². The van der Waals surface area contributed by atoms with Gasteiger partial charge in [-0.15, -0.1) is 0 Å². The monoisotopic (exact) mass is 404 g/mol. The summed E-state index contributed by atoms with van der Waals surface area (Å²) in [6, 6.07) is 0. The fourth-order valence-corrected chi connectivity index (χ4v) is 0. The Kier molecular flexibility index (Phi) is 102. The summed E-state index contributed by atoms with van der Waals surface area (Å²) in [6.07, 6.45) is 0. The standard InChI is InChI=1S/Ba.In.H2Se.Zn.5H/h;;1H2;;;;;;. The van der Waals surface area contributed by atoms with Gasteiger partial charge >= 0.3 is 91.8 Å². The van der Waals surface area contributed by atoms with Crippen molar-refractivity contribution in [3.05, 3.63) is 0 Å². The van der Waals surface area contributed by atoms with E-state index < -0.39 is 0 Å². The predicted molar refractivity (Wildman–Crippen MR) is 27.0 cm³/mol. The van der Waals surface area contributed by atoms with Crippen molar-refractivity contribution in [3.8, 4) is 0 Å². The van der Waals surface area contributed by atoms with Gasteiger partial charge in [-0.3, -0.25) is 0 Å². The van der Waals surface area contributed by atoms with Crippen LogP contribution in [0.5, 0.6) is 0 Å². The van der Waals surface area contributed by atoms with Crippen molar-refractivity contribution in [2.45, 2.75) is 0 Å². The first kappa shape index (κ1) is 25.6. The molecule has 0 fully saturated rings. The third kappa shape index (κ3) is 9.14. The van der Waals surface area contributed by atoms with Crippen LogP contribution in [0.25, 0.3) is 0 Å². The molecular formula is H7BaInSeZn. The van der Waals surface area contributed by atoms with E-state index in [9.17, 15) is 0 Å². The van der Waals surface area contributed by atoms with Crippen molar-refractivity contribution in [1.82, 2.24) is 0 Å². The molecule has 0 nitrogen and oxygen atoms in total. The van der Waals surface area contributed by atoms with Crippen molar-refractivity contribution >= 4 is 91.8 Å². The van der Waals surface area contributed by atoms with Crippen LogP contribution in [0.3, 0.4) is 0 Å². The van der Waals surface area contributed by atoms with Gasteiger partial charge in [-0.25, -0.2) is 0 Å². The number of hydrogen-bond acceptors (Lipinski definition) is 0. The van der Waals surface area contributed by atoms with E-state index in [0.29, 0.717) is 0 Å². The molecule has 0 heterocycles. The zero-order chi connectivity index (χ0) is 0. The number of hydrogen-bond donors (Lipinski definition) is 0. The molecule has 0 amide bonds. The van der Waals surface area contributed by atoms with E-state index in [0.717, 1.165) is 0 Å². The SMILES string of the molecule is [BaH2].[InH3].[SeH2].[Zn]. The second-order valence-electron chi connectivity index (χ2n) is 0. The zero-order valence-corrected chi connectivity index (χ0v) is 6.27. The summed E-state index contributed by atoms with van der Waals surface area (Å²) in [5.74, 6) is 0. The molecule has 0 aromatic heterocycles. The molecule has 0 aromatic carbocycles. The topological polar surface area (TPSA) is 0 Å². The molecule has 0 radical (unpaired) electrons. The Morgan fingerprint density at radius 2 is 1.00 bits per heavy atom. The normalized spacial score (nSPS) is 0. The fourth-order valence-electron chi connectivity index (χ4n) is 0. The van der Waals surface area contributed by atoms with Gasteiger partial charge in [0.05, 0.1) is 0 Å². The molecular weight excluding hydrogens is 396 g/mol. The van der Waals surface area contributed by atoms with Crippen molar-refractivity contribution in [2.24, 2.45) is 0 Å².